The summed E-state index contributed by atoms with van der Waals surface area (Å²) in [5, 5.41) is 6.55. The predicted octanol–water partition coefficient (Wildman–Crippen LogP) is 4.48. The largest absolute Gasteiger partial charge is 0.494 e. The maximum atomic E-state index is 13.2. The van der Waals surface area contributed by atoms with Crippen molar-refractivity contribution in [1.29, 1.82) is 0 Å². The fourth-order valence-corrected chi connectivity index (χ4v) is 4.25. The number of likely N-dealkylation sites (tertiary alicyclic amines) is 1. The molecule has 1 atom stereocenters. The van der Waals surface area contributed by atoms with Gasteiger partial charge in [-0.15, -0.1) is 0 Å². The molecule has 0 spiro atoms. The molecule has 0 aromatic heterocycles. The second kappa shape index (κ2) is 9.00. The standard InChI is InChI=1S/C25H31N3O2/c1-4-30-22-11-9-20(10-12-22)24-16-23(21-8-7-18(2)19(3)15-21)26-28(24)25(29)17-27-13-5-6-14-27/h7-12,15,24H,4-6,13-14,16-17H2,1-3H3. The lowest BCUT2D eigenvalue weighted by Gasteiger charge is -2.24. The van der Waals surface area contributed by atoms with Gasteiger partial charge in [-0.25, -0.2) is 5.01 Å². The molecule has 1 fully saturated rings. The Morgan fingerprint density at radius 1 is 1.07 bits per heavy atom. The Morgan fingerprint density at radius 3 is 2.47 bits per heavy atom. The van der Waals surface area contributed by atoms with Gasteiger partial charge < -0.3 is 4.74 Å². The van der Waals surface area contributed by atoms with Crippen molar-refractivity contribution >= 4 is 11.6 Å². The smallest absolute Gasteiger partial charge is 0.257 e. The summed E-state index contributed by atoms with van der Waals surface area (Å²) in [5.41, 5.74) is 5.69. The van der Waals surface area contributed by atoms with Crippen LogP contribution in [-0.4, -0.2) is 47.8 Å². The molecule has 2 aromatic rings. The average molecular weight is 406 g/mol. The third-order valence-electron chi connectivity index (χ3n) is 6.14. The molecule has 0 aliphatic carbocycles. The Hall–Kier alpha value is -2.66. The van der Waals surface area contributed by atoms with Crippen molar-refractivity contribution in [2.75, 3.05) is 26.2 Å². The van der Waals surface area contributed by atoms with Crippen molar-refractivity contribution in [1.82, 2.24) is 9.91 Å². The van der Waals surface area contributed by atoms with Crippen LogP contribution in [0.25, 0.3) is 0 Å². The average Bonchev–Trinajstić information content (AvgIpc) is 3.41. The first-order chi connectivity index (χ1) is 14.5. The first-order valence-electron chi connectivity index (χ1n) is 11.0. The lowest BCUT2D eigenvalue weighted by Crippen LogP contribution is -2.36. The highest BCUT2D eigenvalue weighted by atomic mass is 16.5. The molecule has 2 aliphatic rings. The van der Waals surface area contributed by atoms with E-state index in [1.54, 1.807) is 5.01 Å². The molecule has 158 valence electrons. The molecule has 1 saturated heterocycles. The molecule has 2 aromatic carbocycles. The van der Waals surface area contributed by atoms with Crippen LogP contribution in [0.5, 0.6) is 5.75 Å². The summed E-state index contributed by atoms with van der Waals surface area (Å²) in [6.07, 6.45) is 3.07. The summed E-state index contributed by atoms with van der Waals surface area (Å²) in [5.74, 6) is 0.930. The fraction of sp³-hybridized carbons (Fsp3) is 0.440. The van der Waals surface area contributed by atoms with E-state index < -0.39 is 0 Å². The zero-order chi connectivity index (χ0) is 21.1. The van der Waals surface area contributed by atoms with Gasteiger partial charge in [0, 0.05) is 6.42 Å². The van der Waals surface area contributed by atoms with Crippen molar-refractivity contribution in [3.63, 3.8) is 0 Å². The topological polar surface area (TPSA) is 45.1 Å². The van der Waals surface area contributed by atoms with Gasteiger partial charge in [-0.3, -0.25) is 9.69 Å². The normalized spacial score (nSPS) is 19.2. The maximum Gasteiger partial charge on any atom is 0.257 e. The number of carbonyl (C=O) groups excluding carboxylic acids is 1. The zero-order valence-electron chi connectivity index (χ0n) is 18.2. The van der Waals surface area contributed by atoms with Crippen molar-refractivity contribution in [2.45, 2.75) is 46.1 Å². The number of amides is 1. The van der Waals surface area contributed by atoms with E-state index in [1.165, 1.54) is 24.0 Å². The van der Waals surface area contributed by atoms with Crippen LogP contribution < -0.4 is 4.74 Å². The van der Waals surface area contributed by atoms with E-state index in [-0.39, 0.29) is 11.9 Å². The zero-order valence-corrected chi connectivity index (χ0v) is 18.2. The number of hydrazone groups is 1. The molecule has 0 saturated carbocycles. The summed E-state index contributed by atoms with van der Waals surface area (Å²) in [6.45, 7) is 9.30. The number of ether oxygens (including phenoxy) is 1. The van der Waals surface area contributed by atoms with Gasteiger partial charge in [-0.05, 0) is 87.2 Å². The molecule has 30 heavy (non-hydrogen) atoms. The summed E-state index contributed by atoms with van der Waals surface area (Å²) in [7, 11) is 0. The van der Waals surface area contributed by atoms with E-state index in [4.69, 9.17) is 9.84 Å². The third-order valence-corrected chi connectivity index (χ3v) is 6.14. The summed E-state index contributed by atoms with van der Waals surface area (Å²) in [6, 6.07) is 14.4. The van der Waals surface area contributed by atoms with Gasteiger partial charge in [0.15, 0.2) is 0 Å². The van der Waals surface area contributed by atoms with Gasteiger partial charge in [0.1, 0.15) is 5.75 Å². The van der Waals surface area contributed by atoms with Crippen LogP contribution >= 0.6 is 0 Å². The van der Waals surface area contributed by atoms with Crippen LogP contribution in [0.4, 0.5) is 0 Å². The summed E-state index contributed by atoms with van der Waals surface area (Å²) < 4.78 is 5.59. The van der Waals surface area contributed by atoms with Crippen LogP contribution in [0.15, 0.2) is 47.6 Å². The van der Waals surface area contributed by atoms with Crippen molar-refractivity contribution in [3.8, 4) is 5.75 Å². The fourth-order valence-electron chi connectivity index (χ4n) is 4.25. The van der Waals surface area contributed by atoms with Gasteiger partial charge in [-0.2, -0.15) is 5.10 Å². The highest BCUT2D eigenvalue weighted by Gasteiger charge is 2.34. The van der Waals surface area contributed by atoms with Crippen LogP contribution in [0.3, 0.4) is 0 Å². The Balaban J connectivity index is 1.61. The lowest BCUT2D eigenvalue weighted by atomic mass is 9.96. The Morgan fingerprint density at radius 2 is 1.80 bits per heavy atom. The monoisotopic (exact) mass is 405 g/mol. The highest BCUT2D eigenvalue weighted by molar-refractivity contribution is 6.03. The molecule has 4 rings (SSSR count). The lowest BCUT2D eigenvalue weighted by molar-refractivity contribution is -0.134. The summed E-state index contributed by atoms with van der Waals surface area (Å²) in [4.78, 5) is 15.4. The number of carbonyl (C=O) groups is 1. The van der Waals surface area contributed by atoms with Crippen molar-refractivity contribution in [2.24, 2.45) is 5.10 Å². The first kappa shape index (κ1) is 20.6. The van der Waals surface area contributed by atoms with E-state index in [9.17, 15) is 4.79 Å². The number of aryl methyl sites for hydroxylation is 2. The van der Waals surface area contributed by atoms with Crippen LogP contribution in [-0.2, 0) is 4.79 Å². The highest BCUT2D eigenvalue weighted by Crippen LogP contribution is 2.34. The molecule has 2 heterocycles. The van der Waals surface area contributed by atoms with Crippen LogP contribution in [0.2, 0.25) is 0 Å². The first-order valence-corrected chi connectivity index (χ1v) is 11.0. The number of nitrogens with zero attached hydrogens (tertiary/aromatic N) is 3. The number of rotatable bonds is 6. The predicted molar refractivity (Wildman–Crippen MR) is 120 cm³/mol. The van der Waals surface area contributed by atoms with E-state index in [0.717, 1.165) is 42.1 Å². The van der Waals surface area contributed by atoms with Crippen LogP contribution in [0.1, 0.15) is 54.5 Å². The van der Waals surface area contributed by atoms with Crippen molar-refractivity contribution in [3.05, 3.63) is 64.7 Å². The number of hydrogen-bond acceptors (Lipinski definition) is 4. The molecule has 1 amide bonds. The molecule has 2 aliphatic heterocycles. The molecule has 5 nitrogen and oxygen atoms in total. The van der Waals surface area contributed by atoms with Crippen molar-refractivity contribution < 1.29 is 9.53 Å². The van der Waals surface area contributed by atoms with E-state index in [0.29, 0.717) is 13.2 Å². The second-order valence-electron chi connectivity index (χ2n) is 8.29. The minimum absolute atomic E-state index is 0.0765. The van der Waals surface area contributed by atoms with E-state index >= 15 is 0 Å². The van der Waals surface area contributed by atoms with E-state index in [1.807, 2.05) is 19.1 Å². The van der Waals surface area contributed by atoms with Gasteiger partial charge in [0.05, 0.1) is 24.9 Å². The van der Waals surface area contributed by atoms with E-state index in [2.05, 4.69) is 49.1 Å². The third kappa shape index (κ3) is 4.41. The molecule has 5 heteroatoms. The molecular weight excluding hydrogens is 374 g/mol. The Bertz CT molecular complexity index is 930. The maximum absolute atomic E-state index is 13.2. The molecule has 0 N–H and O–H groups in total. The molecule has 0 bridgehead atoms. The van der Waals surface area contributed by atoms with Gasteiger partial charge in [-0.1, -0.05) is 24.3 Å². The van der Waals surface area contributed by atoms with Gasteiger partial charge in [0.2, 0.25) is 0 Å². The minimum Gasteiger partial charge on any atom is -0.494 e. The minimum atomic E-state index is -0.0765. The SMILES string of the molecule is CCOc1ccc(C2CC(c3ccc(C)c(C)c3)=NN2C(=O)CN2CCCC2)cc1. The number of hydrogen-bond donors (Lipinski definition) is 0. The summed E-state index contributed by atoms with van der Waals surface area (Å²) >= 11 is 0. The molecule has 0 radical (unpaired) electrons. The number of benzene rings is 2. The Kier molecular flexibility index (Phi) is 6.18. The van der Waals surface area contributed by atoms with Gasteiger partial charge in [0.25, 0.3) is 5.91 Å². The Labute approximate surface area is 179 Å². The quantitative estimate of drug-likeness (QED) is 0.712. The van der Waals surface area contributed by atoms with Gasteiger partial charge >= 0.3 is 0 Å². The molecule has 1 unspecified atom stereocenters. The molecular formula is C25H31N3O2. The van der Waals surface area contributed by atoms with Crippen LogP contribution in [0, 0.1) is 13.8 Å². The second-order valence-corrected chi connectivity index (χ2v) is 8.29.